The van der Waals surface area contributed by atoms with Crippen LogP contribution in [-0.4, -0.2) is 23.9 Å². The van der Waals surface area contributed by atoms with Gasteiger partial charge in [0.25, 0.3) is 0 Å². The van der Waals surface area contributed by atoms with Crippen LogP contribution in [0.1, 0.15) is 52.4 Å². The number of hydrogen-bond donors (Lipinski definition) is 0. The number of nitriles is 1. The second-order valence-electron chi connectivity index (χ2n) is 5.00. The number of carbonyl (C=O) groups is 1. The van der Waals surface area contributed by atoms with Crippen molar-refractivity contribution in [2.45, 2.75) is 52.4 Å². The maximum atomic E-state index is 12.2. The topological polar surface area (TPSA) is 44.1 Å². The summed E-state index contributed by atoms with van der Waals surface area (Å²) in [4.78, 5) is 14.1. The molecule has 0 aromatic rings. The molecule has 0 bridgehead atoms. The Bertz CT molecular complexity index is 282. The summed E-state index contributed by atoms with van der Waals surface area (Å²) in [6.45, 7) is 5.93. The van der Waals surface area contributed by atoms with Gasteiger partial charge < -0.3 is 4.90 Å². The zero-order valence-electron chi connectivity index (χ0n) is 11.1. The summed E-state index contributed by atoms with van der Waals surface area (Å²) in [5, 5.41) is 9.03. The normalized spacial score (nSPS) is 22.6. The SMILES string of the molecule is CCCC(C#N)C(=O)N1CCCC(CC)CC1. The molecule has 1 rings (SSSR count). The second kappa shape index (κ2) is 7.32. The quantitative estimate of drug-likeness (QED) is 0.753. The number of likely N-dealkylation sites (tertiary alicyclic amines) is 1. The Morgan fingerprint density at radius 2 is 2.18 bits per heavy atom. The molecule has 1 fully saturated rings. The summed E-state index contributed by atoms with van der Waals surface area (Å²) in [6.07, 6.45) is 6.23. The molecule has 1 heterocycles. The molecule has 1 amide bonds. The van der Waals surface area contributed by atoms with Gasteiger partial charge in [-0.15, -0.1) is 0 Å². The first kappa shape index (κ1) is 14.0. The molecule has 2 unspecified atom stereocenters. The molecule has 0 aromatic carbocycles. The maximum absolute atomic E-state index is 12.2. The predicted molar refractivity (Wildman–Crippen MR) is 68.2 cm³/mol. The third kappa shape index (κ3) is 4.03. The van der Waals surface area contributed by atoms with Crippen molar-refractivity contribution < 1.29 is 4.79 Å². The minimum atomic E-state index is -0.418. The molecule has 3 nitrogen and oxygen atoms in total. The Balaban J connectivity index is 2.54. The predicted octanol–water partition coefficient (Wildman–Crippen LogP) is 2.96. The van der Waals surface area contributed by atoms with Gasteiger partial charge in [0, 0.05) is 13.1 Å². The van der Waals surface area contributed by atoms with Gasteiger partial charge in [0.05, 0.1) is 6.07 Å². The van der Waals surface area contributed by atoms with Gasteiger partial charge in [-0.05, 0) is 31.6 Å². The first-order valence-electron chi connectivity index (χ1n) is 6.91. The highest BCUT2D eigenvalue weighted by atomic mass is 16.2. The highest BCUT2D eigenvalue weighted by molar-refractivity contribution is 5.81. The molecular formula is C14H24N2O. The molecule has 2 atom stereocenters. The van der Waals surface area contributed by atoms with Crippen molar-refractivity contribution in [3.8, 4) is 6.07 Å². The lowest BCUT2D eigenvalue weighted by Gasteiger charge is -2.23. The van der Waals surface area contributed by atoms with E-state index < -0.39 is 5.92 Å². The molecule has 17 heavy (non-hydrogen) atoms. The largest absolute Gasteiger partial charge is 0.342 e. The van der Waals surface area contributed by atoms with Crippen molar-refractivity contribution in [3.05, 3.63) is 0 Å². The molecule has 0 aromatic heterocycles. The van der Waals surface area contributed by atoms with E-state index in [-0.39, 0.29) is 5.91 Å². The average molecular weight is 236 g/mol. The van der Waals surface area contributed by atoms with Crippen LogP contribution in [0.2, 0.25) is 0 Å². The van der Waals surface area contributed by atoms with Crippen molar-refractivity contribution >= 4 is 5.91 Å². The Morgan fingerprint density at radius 3 is 2.76 bits per heavy atom. The molecule has 0 N–H and O–H groups in total. The van der Waals surface area contributed by atoms with E-state index in [2.05, 4.69) is 13.0 Å². The van der Waals surface area contributed by atoms with Gasteiger partial charge in [0.15, 0.2) is 0 Å². The smallest absolute Gasteiger partial charge is 0.239 e. The van der Waals surface area contributed by atoms with E-state index in [1.165, 1.54) is 12.8 Å². The van der Waals surface area contributed by atoms with Crippen LogP contribution in [0.15, 0.2) is 0 Å². The third-order valence-corrected chi connectivity index (χ3v) is 3.77. The lowest BCUT2D eigenvalue weighted by molar-refractivity contribution is -0.133. The summed E-state index contributed by atoms with van der Waals surface area (Å²) < 4.78 is 0. The molecule has 0 aliphatic carbocycles. The molecule has 0 spiro atoms. The van der Waals surface area contributed by atoms with Gasteiger partial charge in [0.1, 0.15) is 5.92 Å². The fourth-order valence-electron chi connectivity index (χ4n) is 2.55. The number of nitrogens with zero attached hydrogens (tertiary/aromatic N) is 2. The summed E-state index contributed by atoms with van der Waals surface area (Å²) in [7, 11) is 0. The van der Waals surface area contributed by atoms with E-state index in [0.717, 1.165) is 38.3 Å². The lowest BCUT2D eigenvalue weighted by atomic mass is 9.98. The van der Waals surface area contributed by atoms with E-state index in [4.69, 9.17) is 5.26 Å². The molecule has 1 aliphatic heterocycles. The summed E-state index contributed by atoms with van der Waals surface area (Å²) in [5.74, 6) is 0.406. The van der Waals surface area contributed by atoms with Crippen molar-refractivity contribution in [2.24, 2.45) is 11.8 Å². The fraction of sp³-hybridized carbons (Fsp3) is 0.857. The second-order valence-corrected chi connectivity index (χ2v) is 5.00. The zero-order valence-corrected chi connectivity index (χ0v) is 11.1. The van der Waals surface area contributed by atoms with E-state index in [1.807, 2.05) is 11.8 Å². The van der Waals surface area contributed by atoms with Crippen LogP contribution in [-0.2, 0) is 4.79 Å². The number of amides is 1. The maximum Gasteiger partial charge on any atom is 0.239 e. The fourth-order valence-corrected chi connectivity index (χ4v) is 2.55. The zero-order chi connectivity index (χ0) is 12.7. The van der Waals surface area contributed by atoms with Gasteiger partial charge in [-0.3, -0.25) is 4.79 Å². The first-order chi connectivity index (χ1) is 8.22. The van der Waals surface area contributed by atoms with Crippen LogP contribution >= 0.6 is 0 Å². The van der Waals surface area contributed by atoms with E-state index >= 15 is 0 Å². The highest BCUT2D eigenvalue weighted by Crippen LogP contribution is 2.21. The summed E-state index contributed by atoms with van der Waals surface area (Å²) in [5.41, 5.74) is 0. The molecule has 3 heteroatoms. The third-order valence-electron chi connectivity index (χ3n) is 3.77. The Kier molecular flexibility index (Phi) is 6.04. The van der Waals surface area contributed by atoms with Crippen LogP contribution in [0, 0.1) is 23.2 Å². The molecule has 0 saturated carbocycles. The number of hydrogen-bond acceptors (Lipinski definition) is 2. The standard InChI is InChI=1S/C14H24N2O/c1-3-6-13(11-15)14(17)16-9-5-7-12(4-2)8-10-16/h12-13H,3-10H2,1-2H3. The number of rotatable bonds is 4. The lowest BCUT2D eigenvalue weighted by Crippen LogP contribution is -2.36. The molecule has 1 saturated heterocycles. The van der Waals surface area contributed by atoms with Crippen LogP contribution in [0.4, 0.5) is 0 Å². The monoisotopic (exact) mass is 236 g/mol. The Hall–Kier alpha value is -1.04. The first-order valence-corrected chi connectivity index (χ1v) is 6.91. The average Bonchev–Trinajstić information content (AvgIpc) is 2.60. The molecule has 96 valence electrons. The number of carbonyl (C=O) groups excluding carboxylic acids is 1. The van der Waals surface area contributed by atoms with E-state index in [1.54, 1.807) is 0 Å². The van der Waals surface area contributed by atoms with Crippen LogP contribution < -0.4 is 0 Å². The Morgan fingerprint density at radius 1 is 1.41 bits per heavy atom. The van der Waals surface area contributed by atoms with Gasteiger partial charge in [-0.25, -0.2) is 0 Å². The van der Waals surface area contributed by atoms with Crippen molar-refractivity contribution in [1.29, 1.82) is 5.26 Å². The van der Waals surface area contributed by atoms with Crippen LogP contribution in [0.3, 0.4) is 0 Å². The minimum Gasteiger partial charge on any atom is -0.342 e. The van der Waals surface area contributed by atoms with Crippen LogP contribution in [0.25, 0.3) is 0 Å². The minimum absolute atomic E-state index is 0.0612. The van der Waals surface area contributed by atoms with Gasteiger partial charge >= 0.3 is 0 Å². The van der Waals surface area contributed by atoms with Crippen molar-refractivity contribution in [2.75, 3.05) is 13.1 Å². The van der Waals surface area contributed by atoms with Crippen LogP contribution in [0.5, 0.6) is 0 Å². The molecule has 0 radical (unpaired) electrons. The van der Waals surface area contributed by atoms with E-state index in [9.17, 15) is 4.79 Å². The van der Waals surface area contributed by atoms with Crippen molar-refractivity contribution in [1.82, 2.24) is 4.90 Å². The molecular weight excluding hydrogens is 212 g/mol. The summed E-state index contributed by atoms with van der Waals surface area (Å²) >= 11 is 0. The Labute approximate surface area is 105 Å². The van der Waals surface area contributed by atoms with Gasteiger partial charge in [0.2, 0.25) is 5.91 Å². The van der Waals surface area contributed by atoms with Crippen molar-refractivity contribution in [3.63, 3.8) is 0 Å². The van der Waals surface area contributed by atoms with E-state index in [0.29, 0.717) is 6.42 Å². The highest BCUT2D eigenvalue weighted by Gasteiger charge is 2.25. The van der Waals surface area contributed by atoms with Gasteiger partial charge in [-0.1, -0.05) is 26.7 Å². The van der Waals surface area contributed by atoms with Gasteiger partial charge in [-0.2, -0.15) is 5.26 Å². The molecule has 1 aliphatic rings. The summed E-state index contributed by atoms with van der Waals surface area (Å²) in [6, 6.07) is 2.15.